The normalized spacial score (nSPS) is 16.4. The minimum absolute atomic E-state index is 0.217. The van der Waals surface area contributed by atoms with Crippen LogP contribution in [0.15, 0.2) is 84.9 Å². The zero-order valence-corrected chi connectivity index (χ0v) is 20.3. The standard InChI is InChI=1S/C29H25BN2Si/c1-4-19-17-24-27-26(18-19)33-25-16-9-8-13-21(25)30(27)22-14-10-15-23-28(22)32(24)29(2,3)31(23)20-11-6-5-7-12-20/h5-18H,4H2,1-3H3. The molecule has 0 saturated heterocycles. The molecule has 3 aliphatic heterocycles. The van der Waals surface area contributed by atoms with Crippen LogP contribution in [0.3, 0.4) is 0 Å². The van der Waals surface area contributed by atoms with Gasteiger partial charge >= 0.3 is 0 Å². The van der Waals surface area contributed by atoms with Crippen molar-refractivity contribution >= 4 is 65.7 Å². The minimum atomic E-state index is -0.217. The number of benzene rings is 4. The highest BCUT2D eigenvalue weighted by atomic mass is 28.2. The number of nitrogens with zero attached hydrogens (tertiary/aromatic N) is 2. The van der Waals surface area contributed by atoms with E-state index in [4.69, 9.17) is 0 Å². The third kappa shape index (κ3) is 2.45. The SMILES string of the molecule is CCc1cc2c3c(c1)N1c4c(cccc4N(c4ccccc4)C1(C)C)B3c1ccccc1[Si]2. The highest BCUT2D eigenvalue weighted by Crippen LogP contribution is 2.52. The maximum Gasteiger partial charge on any atom is 0.246 e. The summed E-state index contributed by atoms with van der Waals surface area (Å²) in [6, 6.07) is 31.9. The second-order valence-corrected chi connectivity index (χ2v) is 11.1. The summed E-state index contributed by atoms with van der Waals surface area (Å²) in [7, 11) is 0.716. The first-order valence-electron chi connectivity index (χ1n) is 11.9. The smallest absolute Gasteiger partial charge is 0.246 e. The first-order chi connectivity index (χ1) is 16.1. The average Bonchev–Trinajstić information content (AvgIpc) is 3.08. The van der Waals surface area contributed by atoms with E-state index in [0.29, 0.717) is 16.2 Å². The van der Waals surface area contributed by atoms with Gasteiger partial charge in [0.25, 0.3) is 0 Å². The first kappa shape index (κ1) is 19.3. The van der Waals surface area contributed by atoms with E-state index in [1.807, 2.05) is 0 Å². The van der Waals surface area contributed by atoms with E-state index in [1.54, 1.807) is 0 Å². The highest BCUT2D eigenvalue weighted by Gasteiger charge is 2.51. The second-order valence-electron chi connectivity index (χ2n) is 9.79. The van der Waals surface area contributed by atoms with Gasteiger partial charge in [0.1, 0.15) is 15.2 Å². The predicted molar refractivity (Wildman–Crippen MR) is 143 cm³/mol. The Kier molecular flexibility index (Phi) is 3.88. The fourth-order valence-corrected chi connectivity index (χ4v) is 7.81. The molecule has 3 heterocycles. The van der Waals surface area contributed by atoms with Gasteiger partial charge in [-0.3, -0.25) is 0 Å². The van der Waals surface area contributed by atoms with E-state index in [-0.39, 0.29) is 5.66 Å². The summed E-state index contributed by atoms with van der Waals surface area (Å²) in [5, 5.41) is 3.02. The summed E-state index contributed by atoms with van der Waals surface area (Å²) < 4.78 is 0. The van der Waals surface area contributed by atoms with E-state index in [0.717, 1.165) is 6.42 Å². The number of anilines is 4. The fourth-order valence-electron chi connectivity index (χ4n) is 6.30. The summed E-state index contributed by atoms with van der Waals surface area (Å²) in [6.45, 7) is 7.32. The van der Waals surface area contributed by atoms with Crippen molar-refractivity contribution < 1.29 is 0 Å². The third-order valence-corrected chi connectivity index (χ3v) is 9.03. The number of aryl methyl sites for hydroxylation is 1. The van der Waals surface area contributed by atoms with E-state index >= 15 is 0 Å². The summed E-state index contributed by atoms with van der Waals surface area (Å²) in [6.07, 6.45) is 1.06. The minimum Gasteiger partial charge on any atom is -0.317 e. The Morgan fingerprint density at radius 1 is 0.758 bits per heavy atom. The van der Waals surface area contributed by atoms with Gasteiger partial charge in [-0.25, -0.2) is 0 Å². The molecule has 0 bridgehead atoms. The molecule has 7 rings (SSSR count). The van der Waals surface area contributed by atoms with Gasteiger partial charge in [-0.05, 0) is 61.0 Å². The van der Waals surface area contributed by atoms with E-state index < -0.39 is 0 Å². The Labute approximate surface area is 198 Å². The number of fused-ring (bicyclic) bond motifs is 4. The van der Waals surface area contributed by atoms with Crippen LogP contribution in [0.5, 0.6) is 0 Å². The Balaban J connectivity index is 1.59. The molecule has 0 spiro atoms. The fraction of sp³-hybridized carbons (Fsp3) is 0.172. The van der Waals surface area contributed by atoms with Crippen LogP contribution in [-0.4, -0.2) is 21.9 Å². The predicted octanol–water partition coefficient (Wildman–Crippen LogP) is 3.07. The quantitative estimate of drug-likeness (QED) is 0.390. The van der Waals surface area contributed by atoms with Crippen LogP contribution in [-0.2, 0) is 6.42 Å². The van der Waals surface area contributed by atoms with Gasteiger partial charge in [0.2, 0.25) is 6.71 Å². The maximum atomic E-state index is 2.64. The topological polar surface area (TPSA) is 6.48 Å². The van der Waals surface area contributed by atoms with Gasteiger partial charge in [0, 0.05) is 11.4 Å². The van der Waals surface area contributed by atoms with E-state index in [1.165, 1.54) is 55.1 Å². The van der Waals surface area contributed by atoms with Crippen molar-refractivity contribution in [3.8, 4) is 0 Å². The molecule has 0 aromatic heterocycles. The Hall–Kier alpha value is -3.24. The number of hydrogen-bond donors (Lipinski definition) is 0. The molecule has 0 atom stereocenters. The van der Waals surface area contributed by atoms with E-state index in [9.17, 15) is 0 Å². The molecule has 4 aromatic carbocycles. The molecule has 0 amide bonds. The third-order valence-electron chi connectivity index (χ3n) is 7.63. The van der Waals surface area contributed by atoms with Crippen molar-refractivity contribution in [3.63, 3.8) is 0 Å². The van der Waals surface area contributed by atoms with Crippen LogP contribution in [0.2, 0.25) is 0 Å². The second kappa shape index (κ2) is 6.64. The van der Waals surface area contributed by atoms with Crippen LogP contribution < -0.4 is 36.6 Å². The number of para-hydroxylation sites is 2. The van der Waals surface area contributed by atoms with Crippen molar-refractivity contribution in [2.75, 3.05) is 9.80 Å². The molecular weight excluding hydrogens is 415 g/mol. The van der Waals surface area contributed by atoms with E-state index in [2.05, 4.69) is 116 Å². The molecule has 0 fully saturated rings. The molecule has 2 nitrogen and oxygen atoms in total. The van der Waals surface area contributed by atoms with Crippen molar-refractivity contribution in [1.29, 1.82) is 0 Å². The van der Waals surface area contributed by atoms with Crippen LogP contribution in [0.25, 0.3) is 0 Å². The zero-order valence-electron chi connectivity index (χ0n) is 19.3. The van der Waals surface area contributed by atoms with Gasteiger partial charge in [0.05, 0.1) is 11.4 Å². The molecule has 33 heavy (non-hydrogen) atoms. The molecule has 4 aromatic rings. The van der Waals surface area contributed by atoms with Crippen LogP contribution >= 0.6 is 0 Å². The number of hydrogen-bond acceptors (Lipinski definition) is 2. The van der Waals surface area contributed by atoms with Gasteiger partial charge in [-0.1, -0.05) is 83.4 Å². The van der Waals surface area contributed by atoms with Crippen LogP contribution in [0.4, 0.5) is 22.7 Å². The maximum absolute atomic E-state index is 2.64. The molecule has 0 saturated carbocycles. The van der Waals surface area contributed by atoms with Crippen molar-refractivity contribution in [1.82, 2.24) is 0 Å². The molecule has 2 radical (unpaired) electrons. The van der Waals surface area contributed by atoms with Gasteiger partial charge < -0.3 is 9.80 Å². The Morgan fingerprint density at radius 3 is 2.33 bits per heavy atom. The molecule has 0 unspecified atom stereocenters. The molecule has 4 heteroatoms. The molecule has 3 aliphatic rings. The monoisotopic (exact) mass is 440 g/mol. The summed E-state index contributed by atoms with van der Waals surface area (Å²) in [5.41, 5.74) is 11.0. The lowest BCUT2D eigenvalue weighted by Crippen LogP contribution is -2.71. The van der Waals surface area contributed by atoms with Gasteiger partial charge in [-0.2, -0.15) is 0 Å². The molecule has 0 N–H and O–H groups in total. The number of rotatable bonds is 2. The zero-order chi connectivity index (χ0) is 22.3. The molecule has 0 aliphatic carbocycles. The lowest BCUT2D eigenvalue weighted by atomic mass is 9.34. The summed E-state index contributed by atoms with van der Waals surface area (Å²) >= 11 is 0. The van der Waals surface area contributed by atoms with Gasteiger partial charge in [-0.15, -0.1) is 0 Å². The molecular formula is C29H25BN2Si. The summed E-state index contributed by atoms with van der Waals surface area (Å²) in [5.74, 6) is 0. The Bertz CT molecular complexity index is 1430. The largest absolute Gasteiger partial charge is 0.317 e. The lowest BCUT2D eigenvalue weighted by molar-refractivity contribution is 0.541. The van der Waals surface area contributed by atoms with Crippen molar-refractivity contribution in [2.24, 2.45) is 0 Å². The first-order valence-corrected chi connectivity index (χ1v) is 12.9. The van der Waals surface area contributed by atoms with Crippen molar-refractivity contribution in [3.05, 3.63) is 90.5 Å². The molecule has 158 valence electrons. The average molecular weight is 440 g/mol. The van der Waals surface area contributed by atoms with Gasteiger partial charge in [0.15, 0.2) is 0 Å². The summed E-state index contributed by atoms with van der Waals surface area (Å²) in [4.78, 5) is 5.17. The Morgan fingerprint density at radius 2 is 1.52 bits per heavy atom. The highest BCUT2D eigenvalue weighted by molar-refractivity contribution is 7.05. The van der Waals surface area contributed by atoms with Crippen molar-refractivity contribution in [2.45, 2.75) is 32.9 Å². The van der Waals surface area contributed by atoms with Crippen LogP contribution in [0.1, 0.15) is 26.3 Å². The lowest BCUT2D eigenvalue weighted by Gasteiger charge is -2.45. The van der Waals surface area contributed by atoms with Crippen LogP contribution in [0, 0.1) is 0 Å².